The number of hydrogen-bond acceptors (Lipinski definition) is 6. The van der Waals surface area contributed by atoms with Crippen molar-refractivity contribution in [1.29, 1.82) is 0 Å². The van der Waals surface area contributed by atoms with Gasteiger partial charge in [-0.2, -0.15) is 0 Å². The molecule has 0 N–H and O–H groups in total. The molecule has 31 heavy (non-hydrogen) atoms. The van der Waals surface area contributed by atoms with Gasteiger partial charge in [-0.1, -0.05) is 24.3 Å². The number of Topliss-reactive ketones (excluding diaryl/α,β-unsaturated/α-hetero) is 1. The molecule has 0 unspecified atom stereocenters. The molecule has 6 nitrogen and oxygen atoms in total. The summed E-state index contributed by atoms with van der Waals surface area (Å²) < 4.78 is 16.5. The lowest BCUT2D eigenvalue weighted by molar-refractivity contribution is -0.134. The molecule has 3 rings (SSSR count). The molecule has 0 saturated carbocycles. The second-order valence-electron chi connectivity index (χ2n) is 6.85. The van der Waals surface area contributed by atoms with Gasteiger partial charge >= 0.3 is 0 Å². The van der Waals surface area contributed by atoms with Gasteiger partial charge in [0.1, 0.15) is 5.75 Å². The van der Waals surface area contributed by atoms with Crippen molar-refractivity contribution in [2.24, 2.45) is 0 Å². The van der Waals surface area contributed by atoms with Crippen LogP contribution in [0.5, 0.6) is 17.2 Å². The van der Waals surface area contributed by atoms with Crippen LogP contribution in [0.4, 0.5) is 0 Å². The molecule has 0 spiro atoms. The maximum absolute atomic E-state index is 13.1. The predicted molar refractivity (Wildman–Crippen MR) is 120 cm³/mol. The van der Waals surface area contributed by atoms with Gasteiger partial charge in [0.2, 0.25) is 0 Å². The summed E-state index contributed by atoms with van der Waals surface area (Å²) in [4.78, 5) is 27.5. The molecule has 2 aromatic carbocycles. The summed E-state index contributed by atoms with van der Waals surface area (Å²) in [6.07, 6.45) is 0. The van der Waals surface area contributed by atoms with Gasteiger partial charge in [-0.15, -0.1) is 11.3 Å². The van der Waals surface area contributed by atoms with Gasteiger partial charge in [-0.05, 0) is 42.6 Å². The van der Waals surface area contributed by atoms with E-state index in [-0.39, 0.29) is 18.3 Å². The van der Waals surface area contributed by atoms with E-state index in [1.54, 1.807) is 41.5 Å². The largest absolute Gasteiger partial charge is 0.496 e. The first-order chi connectivity index (χ1) is 15.0. The standard InChI is InChI=1S/C24H25NO5S/c1-17(26)18-10-11-22(23(13-18)29-3)30-16-24(27)25(15-20-8-6-12-31-20)14-19-7-4-5-9-21(19)28-2/h4-13H,14-16H2,1-3H3. The van der Waals surface area contributed by atoms with Crippen LogP contribution in [0.1, 0.15) is 27.7 Å². The number of benzene rings is 2. The number of carbonyl (C=O) groups is 2. The van der Waals surface area contributed by atoms with Gasteiger partial charge < -0.3 is 19.1 Å². The normalized spacial score (nSPS) is 10.4. The number of nitrogens with zero attached hydrogens (tertiary/aromatic N) is 1. The zero-order chi connectivity index (χ0) is 22.2. The van der Waals surface area contributed by atoms with E-state index in [0.29, 0.717) is 30.2 Å². The minimum atomic E-state index is -0.169. The van der Waals surface area contributed by atoms with Gasteiger partial charge in [-0.3, -0.25) is 9.59 Å². The molecule has 1 amide bonds. The first-order valence-corrected chi connectivity index (χ1v) is 10.6. The topological polar surface area (TPSA) is 65.1 Å². The van der Waals surface area contributed by atoms with Crippen molar-refractivity contribution >= 4 is 23.0 Å². The van der Waals surface area contributed by atoms with Crippen molar-refractivity contribution in [3.8, 4) is 17.2 Å². The number of para-hydroxylation sites is 1. The number of carbonyl (C=O) groups excluding carboxylic acids is 2. The van der Waals surface area contributed by atoms with E-state index in [4.69, 9.17) is 14.2 Å². The third-order valence-corrected chi connectivity index (χ3v) is 5.62. The van der Waals surface area contributed by atoms with E-state index >= 15 is 0 Å². The fourth-order valence-electron chi connectivity index (χ4n) is 3.10. The highest BCUT2D eigenvalue weighted by Crippen LogP contribution is 2.28. The number of methoxy groups -OCH3 is 2. The molecular formula is C24H25NO5S. The zero-order valence-corrected chi connectivity index (χ0v) is 18.6. The van der Waals surface area contributed by atoms with Gasteiger partial charge in [-0.25, -0.2) is 0 Å². The fourth-order valence-corrected chi connectivity index (χ4v) is 3.82. The Bertz CT molecular complexity index is 1030. The number of ether oxygens (including phenoxy) is 3. The van der Waals surface area contributed by atoms with Gasteiger partial charge in [0.15, 0.2) is 23.9 Å². The maximum Gasteiger partial charge on any atom is 0.261 e. The van der Waals surface area contributed by atoms with E-state index in [1.807, 2.05) is 41.8 Å². The fraction of sp³-hybridized carbons (Fsp3) is 0.250. The zero-order valence-electron chi connectivity index (χ0n) is 17.8. The minimum Gasteiger partial charge on any atom is -0.496 e. The minimum absolute atomic E-state index is 0.0696. The predicted octanol–water partition coefficient (Wildman–Crippen LogP) is 4.58. The monoisotopic (exact) mass is 439 g/mol. The highest BCUT2D eigenvalue weighted by atomic mass is 32.1. The second kappa shape index (κ2) is 10.6. The van der Waals surface area contributed by atoms with Crippen LogP contribution in [0.25, 0.3) is 0 Å². The number of hydrogen-bond donors (Lipinski definition) is 0. The molecule has 0 saturated heterocycles. The SMILES string of the molecule is COc1ccccc1CN(Cc1cccs1)C(=O)COc1ccc(C(C)=O)cc1OC. The first-order valence-electron chi connectivity index (χ1n) is 9.75. The van der Waals surface area contributed by atoms with Gasteiger partial charge in [0, 0.05) is 22.5 Å². The van der Waals surface area contributed by atoms with Crippen LogP contribution in [0.3, 0.4) is 0 Å². The van der Waals surface area contributed by atoms with Crippen LogP contribution in [0.15, 0.2) is 60.0 Å². The highest BCUT2D eigenvalue weighted by Gasteiger charge is 2.19. The molecule has 0 atom stereocenters. The van der Waals surface area contributed by atoms with Crippen LogP contribution in [0.2, 0.25) is 0 Å². The Balaban J connectivity index is 1.76. The van der Waals surface area contributed by atoms with Crippen LogP contribution in [-0.2, 0) is 17.9 Å². The molecule has 7 heteroatoms. The Morgan fingerprint density at radius 3 is 2.35 bits per heavy atom. The number of amides is 1. The maximum atomic E-state index is 13.1. The summed E-state index contributed by atoms with van der Waals surface area (Å²) in [6.45, 7) is 2.19. The average molecular weight is 440 g/mol. The summed E-state index contributed by atoms with van der Waals surface area (Å²) in [7, 11) is 3.11. The molecule has 0 aliphatic rings. The lowest BCUT2D eigenvalue weighted by atomic mass is 10.1. The van der Waals surface area contributed by atoms with E-state index in [2.05, 4.69) is 0 Å². The number of thiophene rings is 1. The second-order valence-corrected chi connectivity index (χ2v) is 7.88. The van der Waals surface area contributed by atoms with Crippen molar-refractivity contribution < 1.29 is 23.8 Å². The van der Waals surface area contributed by atoms with Crippen LogP contribution >= 0.6 is 11.3 Å². The van der Waals surface area contributed by atoms with E-state index < -0.39 is 0 Å². The molecule has 1 aromatic heterocycles. The van der Waals surface area contributed by atoms with Crippen molar-refractivity contribution in [1.82, 2.24) is 4.90 Å². The van der Waals surface area contributed by atoms with E-state index in [0.717, 1.165) is 16.2 Å². The summed E-state index contributed by atoms with van der Waals surface area (Å²) in [6, 6.07) is 16.5. The molecule has 162 valence electrons. The Morgan fingerprint density at radius 2 is 1.68 bits per heavy atom. The quantitative estimate of drug-likeness (QED) is 0.433. The number of ketones is 1. The summed E-state index contributed by atoms with van der Waals surface area (Å²) in [5.74, 6) is 1.31. The van der Waals surface area contributed by atoms with Gasteiger partial charge in [0.05, 0.1) is 20.8 Å². The lowest BCUT2D eigenvalue weighted by Crippen LogP contribution is -2.34. The average Bonchev–Trinajstić information content (AvgIpc) is 3.30. The van der Waals surface area contributed by atoms with Crippen LogP contribution in [0, 0.1) is 0 Å². The molecule has 0 bridgehead atoms. The van der Waals surface area contributed by atoms with E-state index in [9.17, 15) is 9.59 Å². The van der Waals surface area contributed by atoms with Gasteiger partial charge in [0.25, 0.3) is 5.91 Å². The Morgan fingerprint density at radius 1 is 0.903 bits per heavy atom. The third-order valence-electron chi connectivity index (χ3n) is 4.75. The number of rotatable bonds is 10. The Hall–Kier alpha value is -3.32. The molecule has 0 fully saturated rings. The summed E-state index contributed by atoms with van der Waals surface area (Å²) in [5, 5.41) is 1.99. The van der Waals surface area contributed by atoms with Crippen LogP contribution < -0.4 is 14.2 Å². The van der Waals surface area contributed by atoms with Crippen molar-refractivity contribution in [2.75, 3.05) is 20.8 Å². The molecule has 0 aliphatic heterocycles. The summed E-state index contributed by atoms with van der Waals surface area (Å²) in [5.41, 5.74) is 1.43. The first kappa shape index (κ1) is 22.4. The highest BCUT2D eigenvalue weighted by molar-refractivity contribution is 7.09. The van der Waals surface area contributed by atoms with Crippen molar-refractivity contribution in [3.05, 3.63) is 76.0 Å². The van der Waals surface area contributed by atoms with Crippen LogP contribution in [-0.4, -0.2) is 37.4 Å². The molecule has 3 aromatic rings. The lowest BCUT2D eigenvalue weighted by Gasteiger charge is -2.23. The van der Waals surface area contributed by atoms with Crippen molar-refractivity contribution in [3.63, 3.8) is 0 Å². The Labute approximate surface area is 186 Å². The van der Waals surface area contributed by atoms with E-state index in [1.165, 1.54) is 14.0 Å². The third kappa shape index (κ3) is 5.86. The molecular weight excluding hydrogens is 414 g/mol. The molecule has 0 aliphatic carbocycles. The molecule has 1 heterocycles. The summed E-state index contributed by atoms with van der Waals surface area (Å²) >= 11 is 1.60. The smallest absolute Gasteiger partial charge is 0.261 e. The molecule has 0 radical (unpaired) electrons. The Kier molecular flexibility index (Phi) is 7.67. The van der Waals surface area contributed by atoms with Crippen molar-refractivity contribution in [2.45, 2.75) is 20.0 Å².